The maximum Gasteiger partial charge on any atom is 0.256 e. The first-order chi connectivity index (χ1) is 9.10. The summed E-state index contributed by atoms with van der Waals surface area (Å²) in [7, 11) is 2.21. The summed E-state index contributed by atoms with van der Waals surface area (Å²) in [5.41, 5.74) is 6.46. The molecule has 0 amide bonds. The fourth-order valence-electron chi connectivity index (χ4n) is 3.70. The minimum atomic E-state index is -0.0590. The standard InChI is InChI=1S/C14H22N4O/c1-3-11-12(15)16-13(17-14(11)19)8-6-9-4-5-10(7-8)18(9)2/h8-10H,3-7H2,1-2H3,(H3,15,16,17,19). The van der Waals surface area contributed by atoms with Crippen LogP contribution in [0.4, 0.5) is 5.82 Å². The fourth-order valence-corrected chi connectivity index (χ4v) is 3.70. The van der Waals surface area contributed by atoms with Crippen LogP contribution in [-0.2, 0) is 6.42 Å². The van der Waals surface area contributed by atoms with Gasteiger partial charge in [-0.2, -0.15) is 0 Å². The van der Waals surface area contributed by atoms with Gasteiger partial charge in [-0.1, -0.05) is 6.92 Å². The lowest BCUT2D eigenvalue weighted by Crippen LogP contribution is -2.40. The molecule has 2 bridgehead atoms. The Kier molecular flexibility index (Phi) is 3.09. The predicted molar refractivity (Wildman–Crippen MR) is 75.2 cm³/mol. The molecule has 0 radical (unpaired) electrons. The number of nitrogens with one attached hydrogen (secondary N) is 1. The highest BCUT2D eigenvalue weighted by atomic mass is 16.1. The second kappa shape index (κ2) is 4.63. The Morgan fingerprint density at radius 3 is 2.53 bits per heavy atom. The molecule has 2 fully saturated rings. The summed E-state index contributed by atoms with van der Waals surface area (Å²) in [6.07, 6.45) is 5.34. The number of hydrogen-bond acceptors (Lipinski definition) is 4. The van der Waals surface area contributed by atoms with Crippen molar-refractivity contribution >= 4 is 5.82 Å². The lowest BCUT2D eigenvalue weighted by atomic mass is 9.90. The first-order valence-electron chi connectivity index (χ1n) is 7.20. The van der Waals surface area contributed by atoms with Crippen molar-refractivity contribution in [2.45, 2.75) is 57.0 Å². The molecule has 3 heterocycles. The molecule has 2 unspecified atom stereocenters. The number of aromatic nitrogens is 2. The number of hydrogen-bond donors (Lipinski definition) is 2. The molecule has 0 saturated carbocycles. The van der Waals surface area contributed by atoms with Crippen molar-refractivity contribution < 1.29 is 0 Å². The molecule has 104 valence electrons. The molecule has 0 aromatic carbocycles. The zero-order chi connectivity index (χ0) is 13.6. The zero-order valence-electron chi connectivity index (χ0n) is 11.6. The predicted octanol–water partition coefficient (Wildman–Crippen LogP) is 1.25. The van der Waals surface area contributed by atoms with Gasteiger partial charge in [0.15, 0.2) is 0 Å². The smallest absolute Gasteiger partial charge is 0.256 e. The van der Waals surface area contributed by atoms with E-state index < -0.39 is 0 Å². The van der Waals surface area contributed by atoms with E-state index in [1.165, 1.54) is 12.8 Å². The molecular formula is C14H22N4O. The van der Waals surface area contributed by atoms with E-state index in [0.717, 1.165) is 18.7 Å². The summed E-state index contributed by atoms with van der Waals surface area (Å²) in [6, 6.07) is 1.28. The van der Waals surface area contributed by atoms with Crippen molar-refractivity contribution in [2.24, 2.45) is 0 Å². The Morgan fingerprint density at radius 2 is 2.00 bits per heavy atom. The zero-order valence-corrected chi connectivity index (χ0v) is 11.6. The van der Waals surface area contributed by atoms with Crippen molar-refractivity contribution in [1.29, 1.82) is 0 Å². The molecule has 0 spiro atoms. The van der Waals surface area contributed by atoms with Crippen LogP contribution in [0.15, 0.2) is 4.79 Å². The third-order valence-corrected chi connectivity index (χ3v) is 4.90. The van der Waals surface area contributed by atoms with Crippen LogP contribution in [0.1, 0.15) is 49.9 Å². The minimum absolute atomic E-state index is 0.0590. The number of piperidine rings is 1. The molecule has 5 nitrogen and oxygen atoms in total. The molecule has 0 aliphatic carbocycles. The molecule has 3 N–H and O–H groups in total. The number of aromatic amines is 1. The van der Waals surface area contributed by atoms with E-state index in [9.17, 15) is 4.79 Å². The maximum atomic E-state index is 12.0. The molecule has 3 rings (SSSR count). The summed E-state index contributed by atoms with van der Waals surface area (Å²) in [6.45, 7) is 1.93. The van der Waals surface area contributed by atoms with E-state index in [1.807, 2.05) is 6.92 Å². The molecule has 19 heavy (non-hydrogen) atoms. The third-order valence-electron chi connectivity index (χ3n) is 4.90. The maximum absolute atomic E-state index is 12.0. The number of fused-ring (bicyclic) bond motifs is 2. The Bertz CT molecular complexity index is 525. The van der Waals surface area contributed by atoms with Gasteiger partial charge in [0.1, 0.15) is 11.6 Å². The molecule has 1 aromatic rings. The summed E-state index contributed by atoms with van der Waals surface area (Å²) >= 11 is 0. The highest BCUT2D eigenvalue weighted by Gasteiger charge is 2.39. The lowest BCUT2D eigenvalue weighted by Gasteiger charge is -2.35. The third kappa shape index (κ3) is 2.06. The van der Waals surface area contributed by atoms with Crippen LogP contribution in [-0.4, -0.2) is 34.0 Å². The number of H-pyrrole nitrogens is 1. The van der Waals surface area contributed by atoms with E-state index in [2.05, 4.69) is 21.9 Å². The van der Waals surface area contributed by atoms with Gasteiger partial charge in [-0.15, -0.1) is 0 Å². The van der Waals surface area contributed by atoms with Crippen LogP contribution in [0.2, 0.25) is 0 Å². The summed E-state index contributed by atoms with van der Waals surface area (Å²) in [5, 5.41) is 0. The summed E-state index contributed by atoms with van der Waals surface area (Å²) < 4.78 is 0. The van der Waals surface area contributed by atoms with Gasteiger partial charge in [-0.3, -0.25) is 4.79 Å². The van der Waals surface area contributed by atoms with Gasteiger partial charge in [0.05, 0.1) is 5.56 Å². The van der Waals surface area contributed by atoms with Crippen LogP contribution >= 0.6 is 0 Å². The second-order valence-electron chi connectivity index (χ2n) is 5.89. The van der Waals surface area contributed by atoms with Crippen LogP contribution in [0, 0.1) is 0 Å². The van der Waals surface area contributed by atoms with Gasteiger partial charge in [-0.25, -0.2) is 4.98 Å². The molecule has 2 aliphatic heterocycles. The molecule has 2 atom stereocenters. The highest BCUT2D eigenvalue weighted by molar-refractivity contribution is 5.38. The Hall–Kier alpha value is -1.36. The Morgan fingerprint density at radius 1 is 1.37 bits per heavy atom. The number of rotatable bonds is 2. The van der Waals surface area contributed by atoms with Crippen molar-refractivity contribution in [3.63, 3.8) is 0 Å². The van der Waals surface area contributed by atoms with Crippen LogP contribution < -0.4 is 11.3 Å². The SMILES string of the molecule is CCc1c(N)nc(C2CC3CCC(C2)N3C)[nH]c1=O. The van der Waals surface area contributed by atoms with Gasteiger partial charge in [-0.05, 0) is 39.2 Å². The topological polar surface area (TPSA) is 75.0 Å². The van der Waals surface area contributed by atoms with Crippen LogP contribution in [0.3, 0.4) is 0 Å². The van der Waals surface area contributed by atoms with Crippen LogP contribution in [0.25, 0.3) is 0 Å². The van der Waals surface area contributed by atoms with Gasteiger partial charge in [0.25, 0.3) is 5.56 Å². The van der Waals surface area contributed by atoms with Crippen molar-refractivity contribution in [2.75, 3.05) is 12.8 Å². The first kappa shape index (κ1) is 12.7. The second-order valence-corrected chi connectivity index (χ2v) is 5.89. The van der Waals surface area contributed by atoms with E-state index in [0.29, 0.717) is 35.8 Å². The van der Waals surface area contributed by atoms with Gasteiger partial charge in [0, 0.05) is 18.0 Å². The van der Waals surface area contributed by atoms with Crippen molar-refractivity contribution in [1.82, 2.24) is 14.9 Å². The molecule has 5 heteroatoms. The van der Waals surface area contributed by atoms with E-state index >= 15 is 0 Å². The van der Waals surface area contributed by atoms with Gasteiger partial charge >= 0.3 is 0 Å². The summed E-state index contributed by atoms with van der Waals surface area (Å²) in [5.74, 6) is 1.56. The number of anilines is 1. The molecule has 2 aliphatic rings. The first-order valence-corrected chi connectivity index (χ1v) is 7.20. The van der Waals surface area contributed by atoms with Gasteiger partial charge < -0.3 is 15.6 Å². The summed E-state index contributed by atoms with van der Waals surface area (Å²) in [4.78, 5) is 21.9. The number of nitrogens with zero attached hydrogens (tertiary/aromatic N) is 2. The lowest BCUT2D eigenvalue weighted by molar-refractivity contribution is 0.159. The monoisotopic (exact) mass is 262 g/mol. The highest BCUT2D eigenvalue weighted by Crippen LogP contribution is 2.40. The van der Waals surface area contributed by atoms with E-state index in [-0.39, 0.29) is 5.56 Å². The number of nitrogens with two attached hydrogens (primary N) is 1. The quantitative estimate of drug-likeness (QED) is 0.841. The largest absolute Gasteiger partial charge is 0.383 e. The van der Waals surface area contributed by atoms with Gasteiger partial charge in [0.2, 0.25) is 0 Å². The molecular weight excluding hydrogens is 240 g/mol. The Labute approximate surface area is 113 Å². The molecule has 1 aromatic heterocycles. The average molecular weight is 262 g/mol. The Balaban J connectivity index is 1.90. The minimum Gasteiger partial charge on any atom is -0.383 e. The van der Waals surface area contributed by atoms with Crippen molar-refractivity contribution in [3.8, 4) is 0 Å². The number of nitrogen functional groups attached to an aromatic ring is 1. The average Bonchev–Trinajstić information content (AvgIpc) is 2.62. The molecule has 2 saturated heterocycles. The normalized spacial score (nSPS) is 30.7. The fraction of sp³-hybridized carbons (Fsp3) is 0.714. The van der Waals surface area contributed by atoms with Crippen molar-refractivity contribution in [3.05, 3.63) is 21.7 Å². The van der Waals surface area contributed by atoms with E-state index in [4.69, 9.17) is 5.73 Å². The van der Waals surface area contributed by atoms with Crippen LogP contribution in [0.5, 0.6) is 0 Å². The van der Waals surface area contributed by atoms with E-state index in [1.54, 1.807) is 0 Å².